The van der Waals surface area contributed by atoms with E-state index in [0.717, 1.165) is 11.1 Å². The Hall–Kier alpha value is -1.31. The van der Waals surface area contributed by atoms with Gasteiger partial charge in [-0.3, -0.25) is 10.5 Å². The first-order chi connectivity index (χ1) is 7.55. The van der Waals surface area contributed by atoms with Gasteiger partial charge in [-0.05, 0) is 22.0 Å². The molecule has 0 bridgehead atoms. The summed E-state index contributed by atoms with van der Waals surface area (Å²) in [6.45, 7) is 12.4. The number of benzene rings is 1. The molecule has 2 heteroatoms. The van der Waals surface area contributed by atoms with Gasteiger partial charge in [0.05, 0.1) is 0 Å². The largest absolute Gasteiger partial charge is 0.270 e. The lowest BCUT2D eigenvalue weighted by Gasteiger charge is -2.28. The highest BCUT2D eigenvalue weighted by Gasteiger charge is 2.27. The topological polar surface area (TPSA) is 40.9 Å². The van der Waals surface area contributed by atoms with Gasteiger partial charge in [0.1, 0.15) is 0 Å². The normalized spacial score (nSPS) is 12.6. The van der Waals surface area contributed by atoms with Crippen LogP contribution in [0.4, 0.5) is 0 Å². The van der Waals surface area contributed by atoms with Crippen molar-refractivity contribution < 1.29 is 4.79 Å². The first-order valence-corrected chi connectivity index (χ1v) is 5.95. The van der Waals surface area contributed by atoms with Crippen molar-refractivity contribution in [3.05, 3.63) is 34.9 Å². The van der Waals surface area contributed by atoms with E-state index in [0.29, 0.717) is 5.56 Å². The highest BCUT2D eigenvalue weighted by molar-refractivity contribution is 5.96. The zero-order valence-electron chi connectivity index (χ0n) is 11.6. The van der Waals surface area contributed by atoms with E-state index in [9.17, 15) is 4.79 Å². The molecule has 0 saturated heterocycles. The van der Waals surface area contributed by atoms with Crippen molar-refractivity contribution in [2.24, 2.45) is 0 Å². The van der Waals surface area contributed by atoms with Crippen LogP contribution in [-0.4, -0.2) is 5.91 Å². The van der Waals surface area contributed by atoms with Gasteiger partial charge in [0, 0.05) is 5.56 Å². The van der Waals surface area contributed by atoms with Crippen molar-refractivity contribution in [1.29, 1.82) is 0 Å². The van der Waals surface area contributed by atoms with Gasteiger partial charge in [-0.25, -0.2) is 0 Å². The molecule has 0 spiro atoms. The summed E-state index contributed by atoms with van der Waals surface area (Å²) in [5.74, 6) is -0.583. The minimum absolute atomic E-state index is 0.118. The van der Waals surface area contributed by atoms with Crippen LogP contribution >= 0.6 is 0 Å². The Morgan fingerprint density at radius 2 is 1.29 bits per heavy atom. The van der Waals surface area contributed by atoms with E-state index in [1.807, 2.05) is 18.2 Å². The van der Waals surface area contributed by atoms with Crippen LogP contribution in [0, 0.1) is 0 Å². The molecule has 0 saturated carbocycles. The molecule has 1 N–H and O–H groups in total. The van der Waals surface area contributed by atoms with Crippen molar-refractivity contribution in [2.75, 3.05) is 0 Å². The van der Waals surface area contributed by atoms with Gasteiger partial charge in [0.15, 0.2) is 0 Å². The van der Waals surface area contributed by atoms with Crippen LogP contribution < -0.4 is 5.73 Å². The average molecular weight is 232 g/mol. The van der Waals surface area contributed by atoms with Crippen LogP contribution in [0.1, 0.15) is 63.0 Å². The van der Waals surface area contributed by atoms with E-state index in [1.54, 1.807) is 0 Å². The molecule has 1 rings (SSSR count). The van der Waals surface area contributed by atoms with E-state index in [1.165, 1.54) is 0 Å². The predicted octanol–water partition coefficient (Wildman–Crippen LogP) is 3.70. The summed E-state index contributed by atoms with van der Waals surface area (Å²) >= 11 is 0. The molecule has 0 aliphatic carbocycles. The SMILES string of the molecule is CC(C)(C)c1cccc(C(C)(C)C)c1C([NH])=O. The number of rotatable bonds is 1. The second-order valence-corrected chi connectivity index (χ2v) is 6.56. The maximum absolute atomic E-state index is 11.6. The number of hydrogen-bond acceptors (Lipinski definition) is 1. The van der Waals surface area contributed by atoms with Gasteiger partial charge in [-0.2, -0.15) is 0 Å². The lowest BCUT2D eigenvalue weighted by Crippen LogP contribution is -2.24. The van der Waals surface area contributed by atoms with Gasteiger partial charge < -0.3 is 0 Å². The van der Waals surface area contributed by atoms with Crippen LogP contribution in [0.2, 0.25) is 0 Å². The molecule has 17 heavy (non-hydrogen) atoms. The molecule has 0 unspecified atom stereocenters. The van der Waals surface area contributed by atoms with E-state index < -0.39 is 5.91 Å². The molecule has 1 amide bonds. The molecule has 0 heterocycles. The minimum Gasteiger partial charge on any atom is -0.267 e. The van der Waals surface area contributed by atoms with E-state index in [4.69, 9.17) is 5.73 Å². The zero-order chi connectivity index (χ0) is 13.4. The number of carbonyl (C=O) groups excluding carboxylic acids is 1. The Bertz CT molecular complexity index is 401. The van der Waals surface area contributed by atoms with Gasteiger partial charge in [-0.15, -0.1) is 0 Å². The summed E-state index contributed by atoms with van der Waals surface area (Å²) in [6.07, 6.45) is 0. The standard InChI is InChI=1S/C15H22NO/c1-14(2,3)10-8-7-9-11(15(4,5)6)12(10)13(16)17/h7-9,16H,1-6H3. The maximum Gasteiger partial charge on any atom is 0.270 e. The third-order valence-corrected chi connectivity index (χ3v) is 2.91. The van der Waals surface area contributed by atoms with Crippen molar-refractivity contribution in [3.63, 3.8) is 0 Å². The van der Waals surface area contributed by atoms with Crippen LogP contribution in [0.3, 0.4) is 0 Å². The van der Waals surface area contributed by atoms with Crippen LogP contribution in [0.15, 0.2) is 18.2 Å². The van der Waals surface area contributed by atoms with Crippen molar-refractivity contribution in [3.8, 4) is 0 Å². The number of amides is 1. The molecule has 1 aromatic rings. The van der Waals surface area contributed by atoms with E-state index in [-0.39, 0.29) is 10.8 Å². The highest BCUT2D eigenvalue weighted by atomic mass is 16.1. The minimum atomic E-state index is -0.583. The Labute approximate surface area is 104 Å². The summed E-state index contributed by atoms with van der Waals surface area (Å²) in [4.78, 5) is 11.6. The Balaban J connectivity index is 3.61. The molecule has 1 radical (unpaired) electrons. The Kier molecular flexibility index (Phi) is 3.37. The fourth-order valence-electron chi connectivity index (χ4n) is 2.05. The molecule has 2 nitrogen and oxygen atoms in total. The fraction of sp³-hybridized carbons (Fsp3) is 0.533. The molecule has 0 aromatic heterocycles. The van der Waals surface area contributed by atoms with Gasteiger partial charge >= 0.3 is 0 Å². The summed E-state index contributed by atoms with van der Waals surface area (Å²) in [7, 11) is 0. The Morgan fingerprint density at radius 1 is 0.941 bits per heavy atom. The van der Waals surface area contributed by atoms with Crippen LogP contribution in [-0.2, 0) is 10.8 Å². The van der Waals surface area contributed by atoms with Crippen molar-refractivity contribution in [2.45, 2.75) is 52.4 Å². The lowest BCUT2D eigenvalue weighted by molar-refractivity contribution is 0.0987. The van der Waals surface area contributed by atoms with Gasteiger partial charge in [0.2, 0.25) is 0 Å². The number of hydrogen-bond donors (Lipinski definition) is 0. The summed E-state index contributed by atoms with van der Waals surface area (Å²) in [6, 6.07) is 5.89. The van der Waals surface area contributed by atoms with Crippen LogP contribution in [0.5, 0.6) is 0 Å². The lowest BCUT2D eigenvalue weighted by atomic mass is 9.76. The molecule has 1 aromatic carbocycles. The average Bonchev–Trinajstić information content (AvgIpc) is 2.13. The molecule has 0 aliphatic heterocycles. The second-order valence-electron chi connectivity index (χ2n) is 6.56. The molecule has 0 aliphatic rings. The van der Waals surface area contributed by atoms with E-state index in [2.05, 4.69) is 41.5 Å². The smallest absolute Gasteiger partial charge is 0.267 e. The monoisotopic (exact) mass is 232 g/mol. The van der Waals surface area contributed by atoms with E-state index >= 15 is 0 Å². The quantitative estimate of drug-likeness (QED) is 0.727. The second kappa shape index (κ2) is 4.17. The third-order valence-electron chi connectivity index (χ3n) is 2.91. The first kappa shape index (κ1) is 13.8. The number of carbonyl (C=O) groups is 1. The van der Waals surface area contributed by atoms with Crippen molar-refractivity contribution >= 4 is 5.91 Å². The molecule has 0 fully saturated rings. The van der Waals surface area contributed by atoms with Gasteiger partial charge in [-0.1, -0.05) is 59.7 Å². The number of nitrogens with one attached hydrogen (secondary N) is 1. The summed E-state index contributed by atoms with van der Waals surface area (Å²) in [5, 5.41) is 0. The first-order valence-electron chi connectivity index (χ1n) is 5.95. The van der Waals surface area contributed by atoms with Crippen LogP contribution in [0.25, 0.3) is 0 Å². The summed E-state index contributed by atoms with van der Waals surface area (Å²) in [5.41, 5.74) is 9.79. The molecular weight excluding hydrogens is 210 g/mol. The van der Waals surface area contributed by atoms with Crippen molar-refractivity contribution in [1.82, 2.24) is 5.73 Å². The summed E-state index contributed by atoms with van der Waals surface area (Å²) < 4.78 is 0. The highest BCUT2D eigenvalue weighted by Crippen LogP contribution is 2.33. The molecular formula is C15H22NO. The Morgan fingerprint density at radius 3 is 1.53 bits per heavy atom. The molecule has 0 atom stereocenters. The molecule has 93 valence electrons. The zero-order valence-corrected chi connectivity index (χ0v) is 11.6. The fourth-order valence-corrected chi connectivity index (χ4v) is 2.05. The van der Waals surface area contributed by atoms with Gasteiger partial charge in [0.25, 0.3) is 5.91 Å². The maximum atomic E-state index is 11.6. The predicted molar refractivity (Wildman–Crippen MR) is 71.3 cm³/mol. The third kappa shape index (κ3) is 2.87.